The van der Waals surface area contributed by atoms with Crippen molar-refractivity contribution in [1.29, 1.82) is 0 Å². The highest BCUT2D eigenvalue weighted by Gasteiger charge is 2.11. The van der Waals surface area contributed by atoms with E-state index in [1.54, 1.807) is 6.20 Å². The van der Waals surface area contributed by atoms with Gasteiger partial charge in [-0.1, -0.05) is 46.3 Å². The minimum Gasteiger partial charge on any atom is -0.436 e. The Hall–Kier alpha value is -2.07. The number of benzene rings is 2. The van der Waals surface area contributed by atoms with Gasteiger partial charge in [-0.15, -0.1) is 0 Å². The lowest BCUT2D eigenvalue weighted by Gasteiger charge is -2.01. The summed E-state index contributed by atoms with van der Waals surface area (Å²) in [5, 5.41) is 0. The SMILES string of the molecule is Nc1ccc(Br)cc1-c1ncc(-c2ccccc2)o1. The monoisotopic (exact) mass is 314 g/mol. The summed E-state index contributed by atoms with van der Waals surface area (Å²) in [6.07, 6.45) is 1.71. The molecule has 0 unspecified atom stereocenters. The Labute approximate surface area is 119 Å². The minimum atomic E-state index is 0.526. The zero-order chi connectivity index (χ0) is 13.2. The summed E-state index contributed by atoms with van der Waals surface area (Å²) in [6.45, 7) is 0. The summed E-state index contributed by atoms with van der Waals surface area (Å²) in [6, 6.07) is 15.5. The first kappa shape index (κ1) is 12.0. The van der Waals surface area contributed by atoms with E-state index in [0.29, 0.717) is 11.6 Å². The van der Waals surface area contributed by atoms with Gasteiger partial charge in [0.05, 0.1) is 11.8 Å². The molecule has 0 amide bonds. The van der Waals surface area contributed by atoms with Crippen molar-refractivity contribution >= 4 is 21.6 Å². The first-order chi connectivity index (χ1) is 9.24. The Balaban J connectivity index is 2.04. The normalized spacial score (nSPS) is 10.6. The standard InChI is InChI=1S/C15H11BrN2O/c16-11-6-7-13(17)12(8-11)15-18-9-14(19-15)10-4-2-1-3-5-10/h1-9H,17H2. The first-order valence-corrected chi connectivity index (χ1v) is 6.60. The van der Waals surface area contributed by atoms with Crippen molar-refractivity contribution in [2.24, 2.45) is 0 Å². The molecule has 0 fully saturated rings. The highest BCUT2D eigenvalue weighted by molar-refractivity contribution is 9.10. The topological polar surface area (TPSA) is 52.0 Å². The zero-order valence-corrected chi connectivity index (χ0v) is 11.6. The number of rotatable bonds is 2. The Bertz CT molecular complexity index is 707. The average molecular weight is 315 g/mol. The van der Waals surface area contributed by atoms with Crippen LogP contribution in [0.2, 0.25) is 0 Å². The van der Waals surface area contributed by atoms with E-state index in [0.717, 1.165) is 21.4 Å². The average Bonchev–Trinajstić information content (AvgIpc) is 2.92. The molecule has 0 saturated carbocycles. The van der Waals surface area contributed by atoms with Crippen molar-refractivity contribution in [3.8, 4) is 22.8 Å². The Morgan fingerprint density at radius 1 is 1.05 bits per heavy atom. The largest absolute Gasteiger partial charge is 0.436 e. The molecule has 0 aliphatic rings. The lowest BCUT2D eigenvalue weighted by Crippen LogP contribution is -1.89. The second kappa shape index (κ2) is 4.90. The van der Waals surface area contributed by atoms with E-state index in [2.05, 4.69) is 20.9 Å². The van der Waals surface area contributed by atoms with Crippen LogP contribution in [-0.2, 0) is 0 Å². The van der Waals surface area contributed by atoms with Gasteiger partial charge in [0, 0.05) is 15.7 Å². The van der Waals surface area contributed by atoms with E-state index in [9.17, 15) is 0 Å². The number of oxazole rings is 1. The van der Waals surface area contributed by atoms with Gasteiger partial charge < -0.3 is 10.2 Å². The maximum absolute atomic E-state index is 5.95. The maximum Gasteiger partial charge on any atom is 0.228 e. The third-order valence-corrected chi connectivity index (χ3v) is 3.30. The molecule has 19 heavy (non-hydrogen) atoms. The molecule has 3 rings (SSSR count). The quantitative estimate of drug-likeness (QED) is 0.715. The van der Waals surface area contributed by atoms with Gasteiger partial charge in [-0.3, -0.25) is 0 Å². The minimum absolute atomic E-state index is 0.526. The molecule has 0 aliphatic carbocycles. The van der Waals surface area contributed by atoms with Gasteiger partial charge in [0.1, 0.15) is 0 Å². The van der Waals surface area contributed by atoms with Gasteiger partial charge in [-0.05, 0) is 18.2 Å². The molecule has 2 N–H and O–H groups in total. The van der Waals surface area contributed by atoms with Crippen LogP contribution in [0, 0.1) is 0 Å². The second-order valence-corrected chi connectivity index (χ2v) is 5.04. The second-order valence-electron chi connectivity index (χ2n) is 4.13. The third-order valence-electron chi connectivity index (χ3n) is 2.81. The fourth-order valence-electron chi connectivity index (χ4n) is 1.85. The molecule has 0 radical (unpaired) electrons. The predicted molar refractivity (Wildman–Crippen MR) is 79.5 cm³/mol. The molecular weight excluding hydrogens is 304 g/mol. The molecule has 0 atom stereocenters. The van der Waals surface area contributed by atoms with E-state index in [1.165, 1.54) is 0 Å². The van der Waals surface area contributed by atoms with Crippen molar-refractivity contribution in [3.63, 3.8) is 0 Å². The molecule has 0 bridgehead atoms. The summed E-state index contributed by atoms with van der Waals surface area (Å²) in [5.41, 5.74) is 8.38. The molecule has 94 valence electrons. The lowest BCUT2D eigenvalue weighted by molar-refractivity contribution is 0.589. The highest BCUT2D eigenvalue weighted by atomic mass is 79.9. The number of halogens is 1. The number of hydrogen-bond donors (Lipinski definition) is 1. The first-order valence-electron chi connectivity index (χ1n) is 5.81. The molecule has 3 aromatic rings. The smallest absolute Gasteiger partial charge is 0.228 e. The van der Waals surface area contributed by atoms with Crippen molar-refractivity contribution in [2.45, 2.75) is 0 Å². The summed E-state index contributed by atoms with van der Waals surface area (Å²) in [4.78, 5) is 4.30. The molecule has 2 aromatic carbocycles. The van der Waals surface area contributed by atoms with E-state index in [4.69, 9.17) is 10.2 Å². The zero-order valence-electron chi connectivity index (χ0n) is 10.0. The van der Waals surface area contributed by atoms with E-state index in [1.807, 2.05) is 48.5 Å². The molecular formula is C15H11BrN2O. The Kier molecular flexibility index (Phi) is 3.09. The Morgan fingerprint density at radius 2 is 1.84 bits per heavy atom. The van der Waals surface area contributed by atoms with Crippen LogP contribution in [0.3, 0.4) is 0 Å². The van der Waals surface area contributed by atoms with E-state index < -0.39 is 0 Å². The van der Waals surface area contributed by atoms with E-state index in [-0.39, 0.29) is 0 Å². The van der Waals surface area contributed by atoms with Crippen LogP contribution in [0.4, 0.5) is 5.69 Å². The van der Waals surface area contributed by atoms with Crippen LogP contribution in [0.5, 0.6) is 0 Å². The van der Waals surface area contributed by atoms with Gasteiger partial charge in [0.15, 0.2) is 5.76 Å². The molecule has 4 heteroatoms. The van der Waals surface area contributed by atoms with Crippen molar-refractivity contribution < 1.29 is 4.42 Å². The van der Waals surface area contributed by atoms with Crippen LogP contribution in [0.1, 0.15) is 0 Å². The number of nitrogens with zero attached hydrogens (tertiary/aromatic N) is 1. The van der Waals surface area contributed by atoms with Gasteiger partial charge in [0.25, 0.3) is 0 Å². The number of aromatic nitrogens is 1. The third kappa shape index (κ3) is 2.39. The van der Waals surface area contributed by atoms with Gasteiger partial charge in [0.2, 0.25) is 5.89 Å². The number of nitrogens with two attached hydrogens (primary N) is 1. The molecule has 1 aromatic heterocycles. The van der Waals surface area contributed by atoms with Crippen molar-refractivity contribution in [3.05, 3.63) is 59.2 Å². The number of nitrogen functional groups attached to an aromatic ring is 1. The fourth-order valence-corrected chi connectivity index (χ4v) is 2.21. The summed E-state index contributed by atoms with van der Waals surface area (Å²) < 4.78 is 6.72. The van der Waals surface area contributed by atoms with Crippen molar-refractivity contribution in [1.82, 2.24) is 4.98 Å². The van der Waals surface area contributed by atoms with Gasteiger partial charge in [-0.2, -0.15) is 0 Å². The van der Waals surface area contributed by atoms with E-state index >= 15 is 0 Å². The molecule has 0 aliphatic heterocycles. The molecule has 0 saturated heterocycles. The summed E-state index contributed by atoms with van der Waals surface area (Å²) >= 11 is 3.42. The van der Waals surface area contributed by atoms with Crippen LogP contribution in [0.25, 0.3) is 22.8 Å². The summed E-state index contributed by atoms with van der Waals surface area (Å²) in [7, 11) is 0. The van der Waals surface area contributed by atoms with Crippen molar-refractivity contribution in [2.75, 3.05) is 5.73 Å². The molecule has 3 nitrogen and oxygen atoms in total. The van der Waals surface area contributed by atoms with Crippen LogP contribution in [0.15, 0.2) is 63.6 Å². The molecule has 0 spiro atoms. The fraction of sp³-hybridized carbons (Fsp3) is 0. The van der Waals surface area contributed by atoms with Gasteiger partial charge >= 0.3 is 0 Å². The van der Waals surface area contributed by atoms with Crippen LogP contribution >= 0.6 is 15.9 Å². The number of hydrogen-bond acceptors (Lipinski definition) is 3. The Morgan fingerprint density at radius 3 is 2.63 bits per heavy atom. The van der Waals surface area contributed by atoms with Crippen LogP contribution in [-0.4, -0.2) is 4.98 Å². The number of anilines is 1. The van der Waals surface area contributed by atoms with Gasteiger partial charge in [-0.25, -0.2) is 4.98 Å². The highest BCUT2D eigenvalue weighted by Crippen LogP contribution is 2.31. The summed E-state index contributed by atoms with van der Waals surface area (Å²) in [5.74, 6) is 1.26. The lowest BCUT2D eigenvalue weighted by atomic mass is 10.2. The predicted octanol–water partition coefficient (Wildman–Crippen LogP) is 4.35. The molecule has 1 heterocycles. The van der Waals surface area contributed by atoms with Crippen LogP contribution < -0.4 is 5.73 Å². The maximum atomic E-state index is 5.95.